The van der Waals surface area contributed by atoms with E-state index in [-0.39, 0.29) is 17.5 Å². The molecule has 1 rings (SSSR count). The maximum absolute atomic E-state index is 12.0. The molecule has 0 saturated carbocycles. The number of hydrogen-bond acceptors (Lipinski definition) is 6. The summed E-state index contributed by atoms with van der Waals surface area (Å²) in [4.78, 5) is 23.5. The van der Waals surface area contributed by atoms with Crippen LogP contribution in [0.2, 0.25) is 0 Å². The molecule has 0 spiro atoms. The van der Waals surface area contributed by atoms with Crippen LogP contribution in [0.4, 0.5) is 5.69 Å². The minimum absolute atomic E-state index is 0.0930. The highest BCUT2D eigenvalue weighted by molar-refractivity contribution is 7.89. The quantitative estimate of drug-likeness (QED) is 0.632. The third-order valence-electron chi connectivity index (χ3n) is 2.92. The molecule has 8 nitrogen and oxygen atoms in total. The summed E-state index contributed by atoms with van der Waals surface area (Å²) in [6.07, 6.45) is -1.00. The predicted octanol–water partition coefficient (Wildman–Crippen LogP) is 1.28. The molecule has 1 atom stereocenters. The molecule has 1 amide bonds. The minimum Gasteiger partial charge on any atom is -0.451 e. The van der Waals surface area contributed by atoms with E-state index < -0.39 is 28.0 Å². The van der Waals surface area contributed by atoms with Gasteiger partial charge in [-0.15, -0.1) is 0 Å². The summed E-state index contributed by atoms with van der Waals surface area (Å²) < 4.78 is 36.3. The molecule has 0 heterocycles. The van der Waals surface area contributed by atoms with E-state index in [1.807, 2.05) is 0 Å². The van der Waals surface area contributed by atoms with Crippen LogP contribution in [-0.2, 0) is 29.1 Å². The lowest BCUT2D eigenvalue weighted by atomic mass is 10.3. The van der Waals surface area contributed by atoms with Crippen LogP contribution in [-0.4, -0.2) is 45.7 Å². The van der Waals surface area contributed by atoms with Crippen LogP contribution in [0.1, 0.15) is 27.7 Å². The Bertz CT molecular complexity index is 685. The summed E-state index contributed by atoms with van der Waals surface area (Å²) in [5, 5.41) is 2.55. The maximum atomic E-state index is 12.0. The second-order valence-corrected chi connectivity index (χ2v) is 7.27. The number of sulfonamides is 1. The van der Waals surface area contributed by atoms with E-state index in [4.69, 9.17) is 9.47 Å². The molecule has 25 heavy (non-hydrogen) atoms. The van der Waals surface area contributed by atoms with Gasteiger partial charge >= 0.3 is 5.97 Å². The molecule has 0 aromatic heterocycles. The van der Waals surface area contributed by atoms with Gasteiger partial charge in [-0.1, -0.05) is 0 Å². The molecule has 0 bridgehead atoms. The zero-order valence-electron chi connectivity index (χ0n) is 14.7. The summed E-state index contributed by atoms with van der Waals surface area (Å²) >= 11 is 0. The number of esters is 1. The van der Waals surface area contributed by atoms with Gasteiger partial charge < -0.3 is 14.8 Å². The molecular weight excluding hydrogens is 348 g/mol. The van der Waals surface area contributed by atoms with Crippen molar-refractivity contribution in [1.29, 1.82) is 0 Å². The van der Waals surface area contributed by atoms with E-state index in [0.717, 1.165) is 0 Å². The van der Waals surface area contributed by atoms with Gasteiger partial charge in [0, 0.05) is 18.3 Å². The Kier molecular flexibility index (Phi) is 8.01. The Labute approximate surface area is 147 Å². The predicted molar refractivity (Wildman–Crippen MR) is 92.6 cm³/mol. The molecule has 140 valence electrons. The molecule has 0 unspecified atom stereocenters. The molecular formula is C16H24N2O6S. The zero-order chi connectivity index (χ0) is 19.0. The Morgan fingerprint density at radius 1 is 1.12 bits per heavy atom. The summed E-state index contributed by atoms with van der Waals surface area (Å²) in [5.74, 6) is -1.16. The number of carbonyl (C=O) groups is 2. The largest absolute Gasteiger partial charge is 0.451 e. The SMILES string of the molecule is CCOCC(=O)O[C@H](C)C(=O)Nc1ccc(S(=O)(=O)NC(C)C)cc1. The number of anilines is 1. The first kappa shape index (κ1) is 21.1. The van der Waals surface area contributed by atoms with Crippen LogP contribution in [0, 0.1) is 0 Å². The summed E-state index contributed by atoms with van der Waals surface area (Å²) in [5.41, 5.74) is 0.390. The van der Waals surface area contributed by atoms with Gasteiger partial charge in [-0.3, -0.25) is 4.79 Å². The summed E-state index contributed by atoms with van der Waals surface area (Å²) in [7, 11) is -3.59. The van der Waals surface area contributed by atoms with Gasteiger partial charge in [-0.05, 0) is 52.0 Å². The molecule has 0 aliphatic carbocycles. The Morgan fingerprint density at radius 3 is 2.24 bits per heavy atom. The van der Waals surface area contributed by atoms with Crippen LogP contribution in [0.25, 0.3) is 0 Å². The molecule has 0 aliphatic rings. The van der Waals surface area contributed by atoms with Crippen LogP contribution in [0.15, 0.2) is 29.2 Å². The fraction of sp³-hybridized carbons (Fsp3) is 0.500. The topological polar surface area (TPSA) is 111 Å². The second kappa shape index (κ2) is 9.50. The van der Waals surface area contributed by atoms with Gasteiger partial charge in [-0.2, -0.15) is 0 Å². The van der Waals surface area contributed by atoms with Gasteiger partial charge in [0.05, 0.1) is 4.90 Å². The highest BCUT2D eigenvalue weighted by Gasteiger charge is 2.19. The Morgan fingerprint density at radius 2 is 1.72 bits per heavy atom. The van der Waals surface area contributed by atoms with Gasteiger partial charge in [0.15, 0.2) is 6.10 Å². The van der Waals surface area contributed by atoms with E-state index in [9.17, 15) is 18.0 Å². The van der Waals surface area contributed by atoms with Crippen molar-refractivity contribution in [3.8, 4) is 0 Å². The minimum atomic E-state index is -3.59. The smallest absolute Gasteiger partial charge is 0.332 e. The van der Waals surface area contributed by atoms with Crippen molar-refractivity contribution >= 4 is 27.6 Å². The monoisotopic (exact) mass is 372 g/mol. The van der Waals surface area contributed by atoms with Crippen molar-refractivity contribution < 1.29 is 27.5 Å². The van der Waals surface area contributed by atoms with Crippen LogP contribution in [0.5, 0.6) is 0 Å². The standard InChI is InChI=1S/C16H24N2O6S/c1-5-23-10-15(19)24-12(4)16(20)17-13-6-8-14(9-7-13)25(21,22)18-11(2)3/h6-9,11-12,18H,5,10H2,1-4H3,(H,17,20)/t12-/m1/s1. The third kappa shape index (κ3) is 7.20. The van der Waals surface area contributed by atoms with E-state index in [1.165, 1.54) is 31.2 Å². The first-order chi connectivity index (χ1) is 11.7. The molecule has 0 fully saturated rings. The van der Waals surface area contributed by atoms with Gasteiger partial charge in [0.2, 0.25) is 10.0 Å². The average Bonchev–Trinajstić information content (AvgIpc) is 2.52. The van der Waals surface area contributed by atoms with E-state index >= 15 is 0 Å². The van der Waals surface area contributed by atoms with Crippen molar-refractivity contribution in [2.24, 2.45) is 0 Å². The Balaban J connectivity index is 2.65. The zero-order valence-corrected chi connectivity index (χ0v) is 15.6. The van der Waals surface area contributed by atoms with Gasteiger partial charge in [0.25, 0.3) is 5.91 Å². The number of hydrogen-bond donors (Lipinski definition) is 2. The lowest BCUT2D eigenvalue weighted by Gasteiger charge is -2.14. The van der Waals surface area contributed by atoms with Crippen LogP contribution in [0.3, 0.4) is 0 Å². The highest BCUT2D eigenvalue weighted by atomic mass is 32.2. The van der Waals surface area contributed by atoms with Crippen molar-refractivity contribution in [2.45, 2.75) is 44.7 Å². The normalized spacial score (nSPS) is 12.7. The maximum Gasteiger partial charge on any atom is 0.332 e. The number of amides is 1. The Hall–Kier alpha value is -1.97. The molecule has 0 saturated heterocycles. The van der Waals surface area contributed by atoms with E-state index in [1.54, 1.807) is 20.8 Å². The number of rotatable bonds is 9. The van der Waals surface area contributed by atoms with E-state index in [2.05, 4.69) is 10.0 Å². The fourth-order valence-corrected chi connectivity index (χ4v) is 3.06. The average molecular weight is 372 g/mol. The van der Waals surface area contributed by atoms with E-state index in [0.29, 0.717) is 12.3 Å². The molecule has 0 radical (unpaired) electrons. The summed E-state index contributed by atoms with van der Waals surface area (Å²) in [6.45, 7) is 6.77. The van der Waals surface area contributed by atoms with Crippen LogP contribution >= 0.6 is 0 Å². The van der Waals surface area contributed by atoms with Gasteiger partial charge in [-0.25, -0.2) is 17.9 Å². The first-order valence-electron chi connectivity index (χ1n) is 7.86. The number of ether oxygens (including phenoxy) is 2. The number of carbonyl (C=O) groups excluding carboxylic acids is 2. The molecule has 1 aromatic rings. The second-order valence-electron chi connectivity index (χ2n) is 5.56. The number of nitrogens with one attached hydrogen (secondary N) is 2. The molecule has 9 heteroatoms. The first-order valence-corrected chi connectivity index (χ1v) is 9.34. The van der Waals surface area contributed by atoms with Crippen molar-refractivity contribution in [2.75, 3.05) is 18.5 Å². The van der Waals surface area contributed by atoms with Crippen LogP contribution < -0.4 is 10.0 Å². The molecule has 0 aliphatic heterocycles. The lowest BCUT2D eigenvalue weighted by molar-refractivity contribution is -0.157. The van der Waals surface area contributed by atoms with Crippen molar-refractivity contribution in [3.05, 3.63) is 24.3 Å². The summed E-state index contributed by atoms with van der Waals surface area (Å²) in [6, 6.07) is 5.46. The highest BCUT2D eigenvalue weighted by Crippen LogP contribution is 2.15. The molecule has 1 aromatic carbocycles. The van der Waals surface area contributed by atoms with Gasteiger partial charge in [0.1, 0.15) is 6.61 Å². The van der Waals surface area contributed by atoms with Crippen molar-refractivity contribution in [1.82, 2.24) is 4.72 Å². The third-order valence-corrected chi connectivity index (χ3v) is 4.60. The lowest BCUT2D eigenvalue weighted by Crippen LogP contribution is -2.31. The van der Waals surface area contributed by atoms with Crippen molar-refractivity contribution in [3.63, 3.8) is 0 Å². The fourth-order valence-electron chi connectivity index (χ4n) is 1.81. The number of benzene rings is 1. The molecule has 2 N–H and O–H groups in total.